The molecule has 156 valence electrons. The van der Waals surface area contributed by atoms with Crippen molar-refractivity contribution < 1.29 is 17.9 Å². The minimum absolute atomic E-state index is 0.165. The monoisotopic (exact) mass is 536 g/mol. The van der Waals surface area contributed by atoms with Crippen LogP contribution >= 0.6 is 22.6 Å². The quantitative estimate of drug-likeness (QED) is 0.455. The summed E-state index contributed by atoms with van der Waals surface area (Å²) in [5.74, 6) is 0.411. The fourth-order valence-electron chi connectivity index (χ4n) is 2.83. The molecule has 8 heteroatoms. The third-order valence-corrected chi connectivity index (χ3v) is 7.14. The highest BCUT2D eigenvalue weighted by atomic mass is 127. The number of anilines is 1. The molecule has 0 radical (unpaired) electrons. The lowest BCUT2D eigenvalue weighted by Crippen LogP contribution is -2.26. The van der Waals surface area contributed by atoms with Gasteiger partial charge in [-0.1, -0.05) is 30.3 Å². The van der Waals surface area contributed by atoms with E-state index in [1.54, 1.807) is 44.5 Å². The van der Waals surface area contributed by atoms with Crippen molar-refractivity contribution in [1.29, 1.82) is 0 Å². The molecule has 0 unspecified atom stereocenters. The van der Waals surface area contributed by atoms with E-state index in [0.717, 1.165) is 9.13 Å². The van der Waals surface area contributed by atoms with Crippen molar-refractivity contribution in [3.8, 4) is 5.75 Å². The van der Waals surface area contributed by atoms with Crippen molar-refractivity contribution in [1.82, 2.24) is 4.31 Å². The third kappa shape index (κ3) is 5.18. The van der Waals surface area contributed by atoms with Gasteiger partial charge in [-0.2, -0.15) is 4.31 Å². The van der Waals surface area contributed by atoms with Crippen LogP contribution in [-0.4, -0.2) is 32.8 Å². The molecule has 3 aromatic carbocycles. The number of halogens is 1. The van der Waals surface area contributed by atoms with Crippen molar-refractivity contribution in [2.24, 2.45) is 0 Å². The molecular formula is C22H21IN2O4S. The van der Waals surface area contributed by atoms with Gasteiger partial charge in [0.2, 0.25) is 10.0 Å². The Morgan fingerprint density at radius 2 is 1.70 bits per heavy atom. The Morgan fingerprint density at radius 1 is 1.03 bits per heavy atom. The standard InChI is InChI=1S/C22H21IN2O4S/c1-25(15-16-6-4-3-5-7-16)30(27,28)19-11-9-18(10-12-19)24-22(26)17-8-13-21(29-2)20(23)14-17/h3-14H,15H2,1-2H3,(H,24,26). The summed E-state index contributed by atoms with van der Waals surface area (Å²) in [5.41, 5.74) is 1.90. The summed E-state index contributed by atoms with van der Waals surface area (Å²) in [6.07, 6.45) is 0. The van der Waals surface area contributed by atoms with E-state index >= 15 is 0 Å². The molecule has 6 nitrogen and oxygen atoms in total. The summed E-state index contributed by atoms with van der Waals surface area (Å²) in [6, 6.07) is 20.7. The van der Waals surface area contributed by atoms with E-state index in [9.17, 15) is 13.2 Å². The van der Waals surface area contributed by atoms with Crippen LogP contribution in [-0.2, 0) is 16.6 Å². The summed E-state index contributed by atoms with van der Waals surface area (Å²) in [5, 5.41) is 2.78. The van der Waals surface area contributed by atoms with Gasteiger partial charge in [-0.05, 0) is 70.6 Å². The predicted octanol–water partition coefficient (Wildman–Crippen LogP) is 4.37. The van der Waals surface area contributed by atoms with Gasteiger partial charge < -0.3 is 10.1 Å². The van der Waals surface area contributed by atoms with Crippen LogP contribution in [0.1, 0.15) is 15.9 Å². The Hall–Kier alpha value is -2.43. The van der Waals surface area contributed by atoms with E-state index in [1.165, 1.54) is 16.4 Å². The van der Waals surface area contributed by atoms with Crippen LogP contribution < -0.4 is 10.1 Å². The van der Waals surface area contributed by atoms with Gasteiger partial charge in [0.15, 0.2) is 0 Å². The average Bonchev–Trinajstić information content (AvgIpc) is 2.74. The molecule has 0 bridgehead atoms. The second-order valence-corrected chi connectivity index (χ2v) is 9.78. The van der Waals surface area contributed by atoms with Gasteiger partial charge in [0.1, 0.15) is 5.75 Å². The van der Waals surface area contributed by atoms with Crippen molar-refractivity contribution in [3.05, 3.63) is 87.5 Å². The lowest BCUT2D eigenvalue weighted by molar-refractivity contribution is 0.102. The van der Waals surface area contributed by atoms with Gasteiger partial charge in [-0.3, -0.25) is 4.79 Å². The SMILES string of the molecule is COc1ccc(C(=O)Nc2ccc(S(=O)(=O)N(C)Cc3ccccc3)cc2)cc1I. The fourth-order valence-corrected chi connectivity index (χ4v) is 4.72. The molecule has 0 atom stereocenters. The average molecular weight is 536 g/mol. The molecule has 30 heavy (non-hydrogen) atoms. The first kappa shape index (κ1) is 22.3. The number of benzene rings is 3. The van der Waals surface area contributed by atoms with E-state index in [4.69, 9.17) is 4.74 Å². The zero-order valence-corrected chi connectivity index (χ0v) is 19.5. The maximum Gasteiger partial charge on any atom is 0.255 e. The minimum Gasteiger partial charge on any atom is -0.496 e. The molecule has 0 heterocycles. The van der Waals surface area contributed by atoms with Gasteiger partial charge in [-0.25, -0.2) is 8.42 Å². The van der Waals surface area contributed by atoms with Crippen molar-refractivity contribution >= 4 is 44.2 Å². The zero-order chi connectivity index (χ0) is 21.7. The van der Waals surface area contributed by atoms with Crippen LogP contribution in [0.2, 0.25) is 0 Å². The molecule has 0 aliphatic heterocycles. The van der Waals surface area contributed by atoms with Crippen LogP contribution in [0.25, 0.3) is 0 Å². The molecule has 0 saturated heterocycles. The van der Waals surface area contributed by atoms with Crippen molar-refractivity contribution in [3.63, 3.8) is 0 Å². The molecule has 1 N–H and O–H groups in total. The molecule has 0 aliphatic rings. The highest BCUT2D eigenvalue weighted by Gasteiger charge is 2.21. The highest BCUT2D eigenvalue weighted by Crippen LogP contribution is 2.23. The van der Waals surface area contributed by atoms with Crippen molar-refractivity contribution in [2.45, 2.75) is 11.4 Å². The number of nitrogens with one attached hydrogen (secondary N) is 1. The van der Waals surface area contributed by atoms with E-state index < -0.39 is 10.0 Å². The van der Waals surface area contributed by atoms with Gasteiger partial charge in [0.05, 0.1) is 15.6 Å². The lowest BCUT2D eigenvalue weighted by Gasteiger charge is -2.17. The van der Waals surface area contributed by atoms with Gasteiger partial charge in [-0.15, -0.1) is 0 Å². The summed E-state index contributed by atoms with van der Waals surface area (Å²) < 4.78 is 33.0. The number of carbonyl (C=O) groups excluding carboxylic acids is 1. The summed E-state index contributed by atoms with van der Waals surface area (Å²) in [4.78, 5) is 12.6. The number of amides is 1. The van der Waals surface area contributed by atoms with Gasteiger partial charge in [0.25, 0.3) is 5.91 Å². The Morgan fingerprint density at radius 3 is 2.30 bits per heavy atom. The summed E-state index contributed by atoms with van der Waals surface area (Å²) >= 11 is 2.10. The first-order chi connectivity index (χ1) is 14.3. The fraction of sp³-hybridized carbons (Fsp3) is 0.136. The van der Waals surface area contributed by atoms with Crippen LogP contribution in [0.3, 0.4) is 0 Å². The molecule has 1 amide bonds. The second-order valence-electron chi connectivity index (χ2n) is 6.57. The molecule has 3 aromatic rings. The first-order valence-electron chi connectivity index (χ1n) is 9.06. The highest BCUT2D eigenvalue weighted by molar-refractivity contribution is 14.1. The molecule has 0 saturated carbocycles. The molecular weight excluding hydrogens is 515 g/mol. The number of hydrogen-bond acceptors (Lipinski definition) is 4. The second kappa shape index (κ2) is 9.59. The topological polar surface area (TPSA) is 75.7 Å². The zero-order valence-electron chi connectivity index (χ0n) is 16.5. The van der Waals surface area contributed by atoms with Gasteiger partial charge >= 0.3 is 0 Å². The van der Waals surface area contributed by atoms with Crippen molar-refractivity contribution in [2.75, 3.05) is 19.5 Å². The lowest BCUT2D eigenvalue weighted by atomic mass is 10.2. The largest absolute Gasteiger partial charge is 0.496 e. The normalized spacial score (nSPS) is 11.3. The van der Waals surface area contributed by atoms with E-state index in [0.29, 0.717) is 17.0 Å². The Kier molecular flexibility index (Phi) is 7.11. The third-order valence-electron chi connectivity index (χ3n) is 4.48. The first-order valence-corrected chi connectivity index (χ1v) is 11.6. The number of nitrogens with zero attached hydrogens (tertiary/aromatic N) is 1. The number of rotatable bonds is 7. The number of carbonyl (C=O) groups is 1. The predicted molar refractivity (Wildman–Crippen MR) is 125 cm³/mol. The maximum atomic E-state index is 12.8. The Labute approximate surface area is 190 Å². The minimum atomic E-state index is -3.64. The smallest absolute Gasteiger partial charge is 0.255 e. The molecule has 0 aliphatic carbocycles. The number of sulfonamides is 1. The van der Waals surface area contributed by atoms with Crippen LogP contribution in [0.4, 0.5) is 5.69 Å². The molecule has 0 spiro atoms. The maximum absolute atomic E-state index is 12.8. The van der Waals surface area contributed by atoms with Crippen LogP contribution in [0.5, 0.6) is 5.75 Å². The van der Waals surface area contributed by atoms with E-state index in [-0.39, 0.29) is 17.3 Å². The number of ether oxygens (including phenoxy) is 1. The molecule has 0 aromatic heterocycles. The van der Waals surface area contributed by atoms with Gasteiger partial charge in [0, 0.05) is 24.8 Å². The Bertz CT molecular complexity index is 1130. The van der Waals surface area contributed by atoms with Crippen LogP contribution in [0.15, 0.2) is 77.7 Å². The van der Waals surface area contributed by atoms with E-state index in [1.807, 2.05) is 30.3 Å². The summed E-state index contributed by atoms with van der Waals surface area (Å²) in [6.45, 7) is 0.276. The summed E-state index contributed by atoms with van der Waals surface area (Å²) in [7, 11) is -0.524. The van der Waals surface area contributed by atoms with Crippen LogP contribution in [0, 0.1) is 3.57 Å². The number of hydrogen-bond donors (Lipinski definition) is 1. The molecule has 0 fully saturated rings. The number of methoxy groups -OCH3 is 1. The Balaban J connectivity index is 1.71. The molecule has 3 rings (SSSR count). The van der Waals surface area contributed by atoms with E-state index in [2.05, 4.69) is 27.9 Å².